The van der Waals surface area contributed by atoms with Crippen LogP contribution < -0.4 is 5.32 Å². The molecule has 1 nitrogen and oxygen atoms in total. The Morgan fingerprint density at radius 3 is 2.64 bits per heavy atom. The van der Waals surface area contributed by atoms with Gasteiger partial charge in [-0.1, -0.05) is 13.0 Å². The van der Waals surface area contributed by atoms with Crippen LogP contribution in [-0.2, 0) is 0 Å². The topological polar surface area (TPSA) is 12.0 Å². The van der Waals surface area contributed by atoms with Crippen LogP contribution in [0.3, 0.4) is 0 Å². The minimum Gasteiger partial charge on any atom is -0.310 e. The van der Waals surface area contributed by atoms with Crippen LogP contribution in [0.2, 0.25) is 0 Å². The summed E-state index contributed by atoms with van der Waals surface area (Å²) < 4.78 is 2.25. The molecular formula is C11H13Br2N. The summed E-state index contributed by atoms with van der Waals surface area (Å²) >= 11 is 7.02. The Hall–Kier alpha value is 0.140. The molecule has 3 heteroatoms. The van der Waals surface area contributed by atoms with Crippen LogP contribution in [0.4, 0.5) is 0 Å². The van der Waals surface area contributed by atoms with E-state index in [2.05, 4.69) is 62.3 Å². The van der Waals surface area contributed by atoms with Gasteiger partial charge in [-0.25, -0.2) is 0 Å². The van der Waals surface area contributed by atoms with Crippen LogP contribution >= 0.6 is 31.9 Å². The van der Waals surface area contributed by atoms with Crippen molar-refractivity contribution in [1.82, 2.24) is 5.32 Å². The lowest BCUT2D eigenvalue weighted by Crippen LogP contribution is -2.13. The van der Waals surface area contributed by atoms with E-state index in [9.17, 15) is 0 Å². The van der Waals surface area contributed by atoms with Crippen molar-refractivity contribution in [3.63, 3.8) is 0 Å². The maximum Gasteiger partial charge on any atom is 0.0323 e. The van der Waals surface area contributed by atoms with Crippen molar-refractivity contribution in [1.29, 1.82) is 0 Å². The van der Waals surface area contributed by atoms with Gasteiger partial charge in [-0.2, -0.15) is 0 Å². The Bertz CT molecular complexity index is 338. The van der Waals surface area contributed by atoms with Gasteiger partial charge >= 0.3 is 0 Å². The van der Waals surface area contributed by atoms with E-state index in [0.29, 0.717) is 6.04 Å². The lowest BCUT2D eigenvalue weighted by Gasteiger charge is -2.11. The van der Waals surface area contributed by atoms with Crippen molar-refractivity contribution in [3.8, 4) is 0 Å². The third-order valence-corrected chi connectivity index (χ3v) is 4.58. The van der Waals surface area contributed by atoms with Gasteiger partial charge in [0.2, 0.25) is 0 Å². The molecule has 1 heterocycles. The summed E-state index contributed by atoms with van der Waals surface area (Å²) in [5, 5.41) is 3.53. The average molecular weight is 319 g/mol. The summed E-state index contributed by atoms with van der Waals surface area (Å²) in [5.74, 6) is 0.794. The molecule has 0 saturated carbocycles. The van der Waals surface area contributed by atoms with Gasteiger partial charge < -0.3 is 5.32 Å². The second-order valence-electron chi connectivity index (χ2n) is 3.98. The Morgan fingerprint density at radius 2 is 2.07 bits per heavy atom. The first-order valence-corrected chi connectivity index (χ1v) is 6.43. The van der Waals surface area contributed by atoms with Crippen molar-refractivity contribution < 1.29 is 0 Å². The van der Waals surface area contributed by atoms with E-state index in [-0.39, 0.29) is 0 Å². The molecule has 1 saturated heterocycles. The summed E-state index contributed by atoms with van der Waals surface area (Å²) in [7, 11) is 0. The van der Waals surface area contributed by atoms with Crippen LogP contribution in [0.5, 0.6) is 0 Å². The average Bonchev–Trinajstić information content (AvgIpc) is 2.57. The van der Waals surface area contributed by atoms with Crippen molar-refractivity contribution in [2.24, 2.45) is 5.92 Å². The van der Waals surface area contributed by atoms with Crippen LogP contribution in [0, 0.1) is 5.92 Å². The minimum atomic E-state index is 0.536. The quantitative estimate of drug-likeness (QED) is 0.828. The molecule has 14 heavy (non-hydrogen) atoms. The third-order valence-electron chi connectivity index (χ3n) is 2.70. The van der Waals surface area contributed by atoms with Gasteiger partial charge in [0.15, 0.2) is 0 Å². The van der Waals surface area contributed by atoms with E-state index < -0.39 is 0 Å². The Balaban J connectivity index is 2.20. The number of hydrogen-bond donors (Lipinski definition) is 1. The van der Waals surface area contributed by atoms with E-state index in [1.807, 2.05) is 0 Å². The van der Waals surface area contributed by atoms with E-state index in [0.717, 1.165) is 21.4 Å². The van der Waals surface area contributed by atoms with Gasteiger partial charge in [-0.3, -0.25) is 0 Å². The number of hydrogen-bond acceptors (Lipinski definition) is 1. The number of halogens is 2. The van der Waals surface area contributed by atoms with E-state index in [4.69, 9.17) is 0 Å². The maximum absolute atomic E-state index is 3.53. The molecule has 1 aliphatic heterocycles. The van der Waals surface area contributed by atoms with E-state index >= 15 is 0 Å². The van der Waals surface area contributed by atoms with Crippen LogP contribution in [0.15, 0.2) is 27.1 Å². The van der Waals surface area contributed by atoms with Gasteiger partial charge in [0.25, 0.3) is 0 Å². The fraction of sp³-hybridized carbons (Fsp3) is 0.455. The summed E-state index contributed by atoms with van der Waals surface area (Å²) in [6.45, 7) is 3.43. The van der Waals surface area contributed by atoms with Crippen LogP contribution in [0.1, 0.15) is 24.9 Å². The standard InChI is InChI=1S/C11H13Br2N/c1-7-4-11(14-6-7)8-2-3-9(12)10(13)5-8/h2-3,5,7,11,14H,4,6H2,1H3. The summed E-state index contributed by atoms with van der Waals surface area (Å²) in [6.07, 6.45) is 1.24. The molecule has 0 bridgehead atoms. The van der Waals surface area contributed by atoms with E-state index in [1.54, 1.807) is 0 Å². The first-order chi connectivity index (χ1) is 6.66. The molecule has 0 radical (unpaired) electrons. The molecule has 1 N–H and O–H groups in total. The number of benzene rings is 1. The molecule has 1 aliphatic rings. The lowest BCUT2D eigenvalue weighted by atomic mass is 10.0. The molecule has 0 aliphatic carbocycles. The van der Waals surface area contributed by atoms with Gasteiger partial charge in [-0.15, -0.1) is 0 Å². The molecule has 1 aromatic carbocycles. The number of rotatable bonds is 1. The maximum atomic E-state index is 3.53. The Labute approximate surface area is 102 Å². The zero-order chi connectivity index (χ0) is 10.1. The molecular weight excluding hydrogens is 306 g/mol. The van der Waals surface area contributed by atoms with Crippen LogP contribution in [-0.4, -0.2) is 6.54 Å². The molecule has 2 atom stereocenters. The molecule has 2 rings (SSSR count). The fourth-order valence-corrected chi connectivity index (χ4v) is 2.54. The molecule has 76 valence electrons. The second kappa shape index (κ2) is 4.33. The molecule has 0 amide bonds. The Morgan fingerprint density at radius 1 is 1.29 bits per heavy atom. The minimum absolute atomic E-state index is 0.536. The third kappa shape index (κ3) is 2.20. The second-order valence-corrected chi connectivity index (χ2v) is 5.68. The number of nitrogens with one attached hydrogen (secondary N) is 1. The highest BCUT2D eigenvalue weighted by Crippen LogP contribution is 2.31. The largest absolute Gasteiger partial charge is 0.310 e. The zero-order valence-corrected chi connectivity index (χ0v) is 11.2. The predicted octanol–water partition coefficient (Wildman–Crippen LogP) is 3.88. The van der Waals surface area contributed by atoms with Crippen molar-refractivity contribution in [2.45, 2.75) is 19.4 Å². The smallest absolute Gasteiger partial charge is 0.0323 e. The highest BCUT2D eigenvalue weighted by atomic mass is 79.9. The van der Waals surface area contributed by atoms with Crippen molar-refractivity contribution in [3.05, 3.63) is 32.7 Å². The van der Waals surface area contributed by atoms with Crippen molar-refractivity contribution >= 4 is 31.9 Å². The first-order valence-electron chi connectivity index (χ1n) is 4.85. The fourth-order valence-electron chi connectivity index (χ4n) is 1.90. The normalized spacial score (nSPS) is 26.8. The lowest BCUT2D eigenvalue weighted by molar-refractivity contribution is 0.611. The molecule has 2 unspecified atom stereocenters. The zero-order valence-electron chi connectivity index (χ0n) is 8.06. The molecule has 1 fully saturated rings. The molecule has 0 spiro atoms. The Kier molecular flexibility index (Phi) is 3.30. The summed E-state index contributed by atoms with van der Waals surface area (Å²) in [5.41, 5.74) is 1.38. The van der Waals surface area contributed by atoms with Gasteiger partial charge in [-0.05, 0) is 68.4 Å². The van der Waals surface area contributed by atoms with E-state index in [1.165, 1.54) is 12.0 Å². The molecule has 1 aromatic rings. The highest BCUT2D eigenvalue weighted by molar-refractivity contribution is 9.13. The summed E-state index contributed by atoms with van der Waals surface area (Å²) in [4.78, 5) is 0. The predicted molar refractivity (Wildman–Crippen MR) is 66.4 cm³/mol. The van der Waals surface area contributed by atoms with Gasteiger partial charge in [0, 0.05) is 15.0 Å². The summed E-state index contributed by atoms with van der Waals surface area (Å²) in [6, 6.07) is 7.02. The van der Waals surface area contributed by atoms with Crippen molar-refractivity contribution in [2.75, 3.05) is 6.54 Å². The monoisotopic (exact) mass is 317 g/mol. The highest BCUT2D eigenvalue weighted by Gasteiger charge is 2.22. The van der Waals surface area contributed by atoms with Gasteiger partial charge in [0.05, 0.1) is 0 Å². The SMILES string of the molecule is CC1CNC(c2ccc(Br)c(Br)c2)C1. The molecule has 0 aromatic heterocycles. The first kappa shape index (κ1) is 10.7. The van der Waals surface area contributed by atoms with Crippen LogP contribution in [0.25, 0.3) is 0 Å². The van der Waals surface area contributed by atoms with Gasteiger partial charge in [0.1, 0.15) is 0 Å².